The number of carbonyl (C=O) groups is 2. The summed E-state index contributed by atoms with van der Waals surface area (Å²) in [6.45, 7) is 1.38. The number of anilines is 2. The van der Waals surface area contributed by atoms with Gasteiger partial charge in [-0.2, -0.15) is 18.3 Å². The molecule has 1 aromatic heterocycles. The van der Waals surface area contributed by atoms with E-state index in [0.717, 1.165) is 40.6 Å². The van der Waals surface area contributed by atoms with Crippen LogP contribution in [0.15, 0.2) is 65.5 Å². The van der Waals surface area contributed by atoms with Gasteiger partial charge in [-0.3, -0.25) is 14.4 Å². The zero-order chi connectivity index (χ0) is 22.6. The van der Waals surface area contributed by atoms with Crippen LogP contribution < -0.4 is 16.2 Å². The molecule has 0 bridgehead atoms. The molecule has 31 heavy (non-hydrogen) atoms. The summed E-state index contributed by atoms with van der Waals surface area (Å²) in [5.41, 5.74) is 0.130. The lowest BCUT2D eigenvalue weighted by molar-refractivity contribution is -0.137. The molecule has 10 heteroatoms. The van der Waals surface area contributed by atoms with Crippen molar-refractivity contribution in [3.8, 4) is 0 Å². The molecule has 2 amide bonds. The first-order chi connectivity index (χ1) is 14.6. The summed E-state index contributed by atoms with van der Waals surface area (Å²) >= 11 is 0. The summed E-state index contributed by atoms with van der Waals surface area (Å²) < 4.78 is 38.6. The molecule has 0 spiro atoms. The minimum absolute atomic E-state index is 0.0810. The van der Waals surface area contributed by atoms with Crippen LogP contribution >= 0.6 is 0 Å². The molecule has 0 saturated heterocycles. The minimum atomic E-state index is -4.49. The molecule has 0 aliphatic rings. The van der Waals surface area contributed by atoms with Gasteiger partial charge in [0.05, 0.1) is 5.56 Å². The molecule has 1 heterocycles. The summed E-state index contributed by atoms with van der Waals surface area (Å²) in [4.78, 5) is 36.6. The Morgan fingerprint density at radius 1 is 0.903 bits per heavy atom. The SMILES string of the molecule is Cc1ccc(NC(=O)c2ccc(=O)n(CC(=O)Nc3ccc(C(F)(F)F)cc3)n2)cc1. The van der Waals surface area contributed by atoms with Crippen molar-refractivity contribution in [2.24, 2.45) is 0 Å². The van der Waals surface area contributed by atoms with Gasteiger partial charge in [0.2, 0.25) is 5.91 Å². The summed E-state index contributed by atoms with van der Waals surface area (Å²) in [6.07, 6.45) is -4.49. The molecule has 0 unspecified atom stereocenters. The highest BCUT2D eigenvalue weighted by atomic mass is 19.4. The highest BCUT2D eigenvalue weighted by Crippen LogP contribution is 2.29. The van der Waals surface area contributed by atoms with Gasteiger partial charge >= 0.3 is 6.18 Å². The molecule has 3 rings (SSSR count). The van der Waals surface area contributed by atoms with E-state index in [4.69, 9.17) is 0 Å². The number of alkyl halides is 3. The van der Waals surface area contributed by atoms with Crippen molar-refractivity contribution < 1.29 is 22.8 Å². The van der Waals surface area contributed by atoms with Gasteiger partial charge in [-0.05, 0) is 49.4 Å². The molecular formula is C21H17F3N4O3. The zero-order valence-corrected chi connectivity index (χ0v) is 16.2. The molecule has 160 valence electrons. The van der Waals surface area contributed by atoms with E-state index in [1.54, 1.807) is 12.1 Å². The molecule has 7 nitrogen and oxygen atoms in total. The zero-order valence-electron chi connectivity index (χ0n) is 16.2. The van der Waals surface area contributed by atoms with Crippen LogP contribution in [0.4, 0.5) is 24.5 Å². The third-order valence-corrected chi connectivity index (χ3v) is 4.20. The number of carbonyl (C=O) groups excluding carboxylic acids is 2. The number of halogens is 3. The molecule has 0 atom stereocenters. The number of hydrogen-bond acceptors (Lipinski definition) is 4. The maximum atomic E-state index is 12.6. The Morgan fingerprint density at radius 2 is 1.48 bits per heavy atom. The van der Waals surface area contributed by atoms with Crippen LogP contribution in [0.1, 0.15) is 21.6 Å². The van der Waals surface area contributed by atoms with Gasteiger partial charge in [-0.25, -0.2) is 4.68 Å². The predicted molar refractivity (Wildman–Crippen MR) is 108 cm³/mol. The van der Waals surface area contributed by atoms with E-state index in [-0.39, 0.29) is 11.4 Å². The number of benzene rings is 2. The van der Waals surface area contributed by atoms with Crippen molar-refractivity contribution in [1.29, 1.82) is 0 Å². The van der Waals surface area contributed by atoms with E-state index >= 15 is 0 Å². The molecule has 2 N–H and O–H groups in total. The lowest BCUT2D eigenvalue weighted by Crippen LogP contribution is -2.31. The van der Waals surface area contributed by atoms with E-state index in [0.29, 0.717) is 5.69 Å². The first-order valence-electron chi connectivity index (χ1n) is 9.05. The summed E-state index contributed by atoms with van der Waals surface area (Å²) in [5.74, 6) is -1.26. The maximum Gasteiger partial charge on any atom is 0.416 e. The number of amides is 2. The van der Waals surface area contributed by atoms with Gasteiger partial charge in [-0.15, -0.1) is 0 Å². The third-order valence-electron chi connectivity index (χ3n) is 4.20. The Labute approximate surface area is 174 Å². The number of nitrogens with zero attached hydrogens (tertiary/aromatic N) is 2. The highest BCUT2D eigenvalue weighted by Gasteiger charge is 2.30. The second-order valence-electron chi connectivity index (χ2n) is 6.66. The van der Waals surface area contributed by atoms with Crippen LogP contribution in [0.25, 0.3) is 0 Å². The molecule has 3 aromatic rings. The van der Waals surface area contributed by atoms with Gasteiger partial charge in [0.15, 0.2) is 0 Å². The van der Waals surface area contributed by atoms with E-state index in [1.165, 1.54) is 6.07 Å². The number of rotatable bonds is 5. The van der Waals surface area contributed by atoms with Gasteiger partial charge < -0.3 is 10.6 Å². The minimum Gasteiger partial charge on any atom is -0.324 e. The molecule has 0 radical (unpaired) electrons. The van der Waals surface area contributed by atoms with Gasteiger partial charge in [-0.1, -0.05) is 17.7 Å². The second-order valence-corrected chi connectivity index (χ2v) is 6.66. The van der Waals surface area contributed by atoms with E-state index < -0.39 is 35.7 Å². The Bertz CT molecular complexity index is 1150. The molecule has 2 aromatic carbocycles. The number of hydrogen-bond donors (Lipinski definition) is 2. The number of aryl methyl sites for hydroxylation is 1. The smallest absolute Gasteiger partial charge is 0.324 e. The van der Waals surface area contributed by atoms with Crippen molar-refractivity contribution >= 4 is 23.2 Å². The van der Waals surface area contributed by atoms with Crippen LogP contribution in [0.3, 0.4) is 0 Å². The summed E-state index contributed by atoms with van der Waals surface area (Å²) in [6, 6.07) is 13.2. The average molecular weight is 430 g/mol. The molecule has 0 fully saturated rings. The fourth-order valence-electron chi connectivity index (χ4n) is 2.59. The third kappa shape index (κ3) is 5.78. The fraction of sp³-hybridized carbons (Fsp3) is 0.143. The van der Waals surface area contributed by atoms with Crippen LogP contribution in [-0.2, 0) is 17.5 Å². The van der Waals surface area contributed by atoms with Crippen molar-refractivity contribution in [3.05, 3.63) is 87.8 Å². The maximum absolute atomic E-state index is 12.6. The lowest BCUT2D eigenvalue weighted by Gasteiger charge is -2.10. The molecule has 0 aliphatic heterocycles. The predicted octanol–water partition coefficient (Wildman–Crippen LogP) is 3.46. The molecule has 0 aliphatic carbocycles. The van der Waals surface area contributed by atoms with Crippen LogP contribution in [0, 0.1) is 6.92 Å². The summed E-state index contributed by atoms with van der Waals surface area (Å²) in [5, 5.41) is 8.91. The van der Waals surface area contributed by atoms with E-state index in [1.807, 2.05) is 19.1 Å². The van der Waals surface area contributed by atoms with Gasteiger partial charge in [0.1, 0.15) is 12.2 Å². The normalized spacial score (nSPS) is 11.1. The van der Waals surface area contributed by atoms with E-state index in [2.05, 4.69) is 15.7 Å². The first kappa shape index (κ1) is 21.8. The Balaban J connectivity index is 1.68. The van der Waals surface area contributed by atoms with Crippen molar-refractivity contribution in [3.63, 3.8) is 0 Å². The average Bonchev–Trinajstić information content (AvgIpc) is 2.71. The number of nitrogens with one attached hydrogen (secondary N) is 2. The van der Waals surface area contributed by atoms with Gasteiger partial charge in [0, 0.05) is 17.4 Å². The van der Waals surface area contributed by atoms with Gasteiger partial charge in [0.25, 0.3) is 11.5 Å². The van der Waals surface area contributed by atoms with E-state index in [9.17, 15) is 27.6 Å². The van der Waals surface area contributed by atoms with Crippen LogP contribution in [0.2, 0.25) is 0 Å². The largest absolute Gasteiger partial charge is 0.416 e. The number of aromatic nitrogens is 2. The second kappa shape index (κ2) is 8.82. The first-order valence-corrected chi connectivity index (χ1v) is 9.05. The van der Waals surface area contributed by atoms with Crippen molar-refractivity contribution in [1.82, 2.24) is 9.78 Å². The van der Waals surface area contributed by atoms with Crippen molar-refractivity contribution in [2.45, 2.75) is 19.6 Å². The Morgan fingerprint density at radius 3 is 2.10 bits per heavy atom. The van der Waals surface area contributed by atoms with Crippen LogP contribution in [-0.4, -0.2) is 21.6 Å². The monoisotopic (exact) mass is 430 g/mol. The quantitative estimate of drug-likeness (QED) is 0.648. The molecule has 0 saturated carbocycles. The lowest BCUT2D eigenvalue weighted by atomic mass is 10.2. The summed E-state index contributed by atoms with van der Waals surface area (Å²) in [7, 11) is 0. The van der Waals surface area contributed by atoms with Crippen LogP contribution in [0.5, 0.6) is 0 Å². The highest BCUT2D eigenvalue weighted by molar-refractivity contribution is 6.02. The topological polar surface area (TPSA) is 93.1 Å². The Hall–Kier alpha value is -3.95. The fourth-order valence-corrected chi connectivity index (χ4v) is 2.59. The Kier molecular flexibility index (Phi) is 6.19. The molecular weight excluding hydrogens is 413 g/mol. The standard InChI is InChI=1S/C21H17F3N4O3/c1-13-2-6-16(7-3-13)26-20(31)17-10-11-19(30)28(27-17)12-18(29)25-15-8-4-14(5-9-15)21(22,23)24/h2-11H,12H2,1H3,(H,25,29)(H,26,31). The van der Waals surface area contributed by atoms with Crippen molar-refractivity contribution in [2.75, 3.05) is 10.6 Å².